The fourth-order valence-electron chi connectivity index (χ4n) is 3.49. The highest BCUT2D eigenvalue weighted by molar-refractivity contribution is 6.05. The Balaban J connectivity index is 1.53. The van der Waals surface area contributed by atoms with Crippen LogP contribution in [0.2, 0.25) is 0 Å². The van der Waals surface area contributed by atoms with Crippen molar-refractivity contribution >= 4 is 23.3 Å². The largest absolute Gasteiger partial charge is 0.457 e. The molecule has 1 saturated heterocycles. The first-order valence-electron chi connectivity index (χ1n) is 8.35. The van der Waals surface area contributed by atoms with Gasteiger partial charge in [0.15, 0.2) is 0 Å². The maximum absolute atomic E-state index is 12.4. The van der Waals surface area contributed by atoms with Crippen LogP contribution in [0.15, 0.2) is 22.7 Å². The minimum atomic E-state index is -0.444. The highest BCUT2D eigenvalue weighted by atomic mass is 16.5. The Hall–Kier alpha value is -2.83. The van der Waals surface area contributed by atoms with E-state index >= 15 is 0 Å². The average Bonchev–Trinajstić information content (AvgIpc) is 3.21. The lowest BCUT2D eigenvalue weighted by atomic mass is 10.1. The van der Waals surface area contributed by atoms with E-state index in [1.54, 1.807) is 26.0 Å². The average molecular weight is 341 g/mol. The third-order valence-corrected chi connectivity index (χ3v) is 4.88. The van der Waals surface area contributed by atoms with Crippen LogP contribution in [0.25, 0.3) is 0 Å². The number of benzene rings is 1. The number of esters is 1. The number of nitrogens with one attached hydrogen (secondary N) is 1. The Morgan fingerprint density at radius 3 is 3.04 bits per heavy atom. The monoisotopic (exact) mass is 341 g/mol. The molecular weight excluding hydrogens is 322 g/mol. The SMILES string of the molecule is Cc1noc(C)c1COC(=O)c1ccc2c(c1)NC(=O)C1CCCN21. The van der Waals surface area contributed by atoms with Crippen molar-refractivity contribution in [2.75, 3.05) is 16.8 Å². The van der Waals surface area contributed by atoms with Crippen molar-refractivity contribution in [2.24, 2.45) is 0 Å². The Kier molecular flexibility index (Phi) is 3.71. The van der Waals surface area contributed by atoms with Gasteiger partial charge in [-0.3, -0.25) is 4.79 Å². The molecule has 1 fully saturated rings. The number of carbonyl (C=O) groups is 2. The lowest BCUT2D eigenvalue weighted by Gasteiger charge is -2.33. The molecule has 7 nitrogen and oxygen atoms in total. The molecule has 3 heterocycles. The van der Waals surface area contributed by atoms with Crippen molar-refractivity contribution in [3.05, 3.63) is 40.8 Å². The zero-order valence-corrected chi connectivity index (χ0v) is 14.2. The Bertz CT molecular complexity index is 839. The second-order valence-electron chi connectivity index (χ2n) is 6.45. The van der Waals surface area contributed by atoms with Crippen LogP contribution >= 0.6 is 0 Å². The molecule has 1 amide bonds. The number of hydrogen-bond donors (Lipinski definition) is 1. The van der Waals surface area contributed by atoms with Crippen LogP contribution in [-0.4, -0.2) is 29.6 Å². The fourth-order valence-corrected chi connectivity index (χ4v) is 3.49. The van der Waals surface area contributed by atoms with E-state index in [-0.39, 0.29) is 18.6 Å². The molecule has 0 bridgehead atoms. The van der Waals surface area contributed by atoms with Gasteiger partial charge in [-0.2, -0.15) is 0 Å². The third-order valence-electron chi connectivity index (χ3n) is 4.88. The number of anilines is 2. The molecule has 25 heavy (non-hydrogen) atoms. The molecule has 7 heteroatoms. The second kappa shape index (κ2) is 5.91. The van der Waals surface area contributed by atoms with E-state index in [2.05, 4.69) is 15.4 Å². The van der Waals surface area contributed by atoms with Crippen molar-refractivity contribution in [2.45, 2.75) is 39.3 Å². The van der Waals surface area contributed by atoms with Gasteiger partial charge in [-0.25, -0.2) is 4.79 Å². The molecule has 0 saturated carbocycles. The standard InChI is InChI=1S/C18H19N3O4/c1-10-13(11(2)25-20-10)9-24-18(23)12-5-6-15-14(8-12)19-17(22)16-4-3-7-21(15)16/h5-6,8,16H,3-4,7,9H2,1-2H3,(H,19,22). The molecule has 1 unspecified atom stereocenters. The predicted octanol–water partition coefficient (Wildman–Crippen LogP) is 2.57. The van der Waals surface area contributed by atoms with E-state index < -0.39 is 5.97 Å². The topological polar surface area (TPSA) is 84.7 Å². The van der Waals surface area contributed by atoms with Crippen molar-refractivity contribution < 1.29 is 18.8 Å². The predicted molar refractivity (Wildman–Crippen MR) is 90.5 cm³/mol. The van der Waals surface area contributed by atoms with Gasteiger partial charge in [-0.15, -0.1) is 0 Å². The molecule has 1 atom stereocenters. The first-order valence-corrected chi connectivity index (χ1v) is 8.35. The van der Waals surface area contributed by atoms with Gasteiger partial charge in [0, 0.05) is 6.54 Å². The van der Waals surface area contributed by atoms with Gasteiger partial charge < -0.3 is 19.5 Å². The maximum atomic E-state index is 12.4. The van der Waals surface area contributed by atoms with Crippen molar-refractivity contribution in [3.8, 4) is 0 Å². The van der Waals surface area contributed by atoms with E-state index in [0.29, 0.717) is 22.7 Å². The smallest absolute Gasteiger partial charge is 0.338 e. The lowest BCUT2D eigenvalue weighted by molar-refractivity contribution is -0.117. The molecule has 130 valence electrons. The fraction of sp³-hybridized carbons (Fsp3) is 0.389. The number of fused-ring (bicyclic) bond motifs is 3. The van der Waals surface area contributed by atoms with Gasteiger partial charge >= 0.3 is 5.97 Å². The summed E-state index contributed by atoms with van der Waals surface area (Å²) in [5, 5.41) is 6.75. The zero-order chi connectivity index (χ0) is 17.6. The van der Waals surface area contributed by atoms with Crippen LogP contribution in [-0.2, 0) is 16.1 Å². The number of amides is 1. The highest BCUT2D eigenvalue weighted by Crippen LogP contribution is 2.37. The Labute approximate surface area is 144 Å². The molecule has 2 aromatic rings. The van der Waals surface area contributed by atoms with Gasteiger partial charge in [-0.05, 0) is 44.9 Å². The summed E-state index contributed by atoms with van der Waals surface area (Å²) in [6.07, 6.45) is 1.87. The van der Waals surface area contributed by atoms with E-state index in [9.17, 15) is 9.59 Å². The molecule has 1 aromatic heterocycles. The number of nitrogens with zero attached hydrogens (tertiary/aromatic N) is 2. The van der Waals surface area contributed by atoms with E-state index in [0.717, 1.165) is 30.6 Å². The molecule has 2 aliphatic rings. The van der Waals surface area contributed by atoms with E-state index in [1.807, 2.05) is 6.07 Å². The van der Waals surface area contributed by atoms with Gasteiger partial charge in [-0.1, -0.05) is 5.16 Å². The first kappa shape index (κ1) is 15.7. The van der Waals surface area contributed by atoms with E-state index in [4.69, 9.17) is 9.26 Å². The van der Waals surface area contributed by atoms with Gasteiger partial charge in [0.1, 0.15) is 18.4 Å². The first-order chi connectivity index (χ1) is 12.0. The molecule has 0 spiro atoms. The number of carbonyl (C=O) groups excluding carboxylic acids is 2. The molecular formula is C18H19N3O4. The number of ether oxygens (including phenoxy) is 1. The van der Waals surface area contributed by atoms with Crippen molar-refractivity contribution in [3.63, 3.8) is 0 Å². The molecule has 4 rings (SSSR count). The number of rotatable bonds is 3. The lowest BCUT2D eigenvalue weighted by Crippen LogP contribution is -2.43. The summed E-state index contributed by atoms with van der Waals surface area (Å²) >= 11 is 0. The number of aryl methyl sites for hydroxylation is 2. The Morgan fingerprint density at radius 2 is 2.28 bits per heavy atom. The summed E-state index contributed by atoms with van der Waals surface area (Å²) in [7, 11) is 0. The summed E-state index contributed by atoms with van der Waals surface area (Å²) in [6.45, 7) is 4.56. The molecule has 0 aliphatic carbocycles. The van der Waals surface area contributed by atoms with Crippen LogP contribution in [0.5, 0.6) is 0 Å². The number of hydrogen-bond acceptors (Lipinski definition) is 6. The summed E-state index contributed by atoms with van der Waals surface area (Å²) in [5.74, 6) is 0.190. The van der Waals surface area contributed by atoms with E-state index in [1.165, 1.54) is 0 Å². The molecule has 1 N–H and O–H groups in total. The van der Waals surface area contributed by atoms with Crippen LogP contribution in [0.3, 0.4) is 0 Å². The summed E-state index contributed by atoms with van der Waals surface area (Å²) < 4.78 is 10.4. The molecule has 1 aromatic carbocycles. The molecule has 0 radical (unpaired) electrons. The minimum absolute atomic E-state index is 0.00811. The highest BCUT2D eigenvalue weighted by Gasteiger charge is 2.36. The quantitative estimate of drug-likeness (QED) is 0.864. The van der Waals surface area contributed by atoms with Gasteiger partial charge in [0.05, 0.1) is 28.2 Å². The summed E-state index contributed by atoms with van der Waals surface area (Å²) in [5.41, 5.74) is 3.52. The van der Waals surface area contributed by atoms with Crippen LogP contribution in [0.1, 0.15) is 40.2 Å². The van der Waals surface area contributed by atoms with Gasteiger partial charge in [0.25, 0.3) is 0 Å². The van der Waals surface area contributed by atoms with Crippen LogP contribution in [0.4, 0.5) is 11.4 Å². The Morgan fingerprint density at radius 1 is 1.44 bits per heavy atom. The van der Waals surface area contributed by atoms with Crippen molar-refractivity contribution in [1.29, 1.82) is 0 Å². The normalized spacial score (nSPS) is 18.6. The minimum Gasteiger partial charge on any atom is -0.457 e. The molecule has 2 aliphatic heterocycles. The third kappa shape index (κ3) is 2.65. The second-order valence-corrected chi connectivity index (χ2v) is 6.45. The van der Waals surface area contributed by atoms with Crippen molar-refractivity contribution in [1.82, 2.24) is 5.16 Å². The summed E-state index contributed by atoms with van der Waals surface area (Å²) in [6, 6.07) is 5.20. The van der Waals surface area contributed by atoms with Crippen LogP contribution < -0.4 is 10.2 Å². The number of aromatic nitrogens is 1. The maximum Gasteiger partial charge on any atom is 0.338 e. The van der Waals surface area contributed by atoms with Crippen LogP contribution in [0, 0.1) is 13.8 Å². The van der Waals surface area contributed by atoms with Gasteiger partial charge in [0.2, 0.25) is 5.91 Å². The zero-order valence-electron chi connectivity index (χ0n) is 14.2. The summed E-state index contributed by atoms with van der Waals surface area (Å²) in [4.78, 5) is 26.7.